The summed E-state index contributed by atoms with van der Waals surface area (Å²) < 4.78 is 0. The second-order valence-corrected chi connectivity index (χ2v) is 7.52. The number of hydrogen-bond donors (Lipinski definition) is 0. The Kier molecular flexibility index (Phi) is 5.17. The fraction of sp³-hybridized carbons (Fsp3) is 0.350. The SMILES string of the molecule is CC(Cc1cccc(Cl)c1)(C(=O)N1CCCC1)c1cccc(Cl)c1. The number of likely N-dealkylation sites (tertiary alicyclic amines) is 1. The second kappa shape index (κ2) is 7.16. The van der Waals surface area contributed by atoms with Crippen molar-refractivity contribution in [3.63, 3.8) is 0 Å². The Morgan fingerprint density at radius 1 is 1.04 bits per heavy atom. The third-order valence-corrected chi connectivity index (χ3v) is 5.24. The molecule has 0 aromatic heterocycles. The van der Waals surface area contributed by atoms with Gasteiger partial charge < -0.3 is 4.90 Å². The summed E-state index contributed by atoms with van der Waals surface area (Å²) in [7, 11) is 0. The quantitative estimate of drug-likeness (QED) is 0.740. The monoisotopic (exact) mass is 361 g/mol. The molecule has 1 amide bonds. The molecule has 4 heteroatoms. The molecule has 2 aromatic rings. The molecule has 0 aliphatic carbocycles. The second-order valence-electron chi connectivity index (χ2n) is 6.65. The Labute approximate surface area is 153 Å². The molecule has 2 aromatic carbocycles. The molecule has 1 heterocycles. The maximum absolute atomic E-state index is 13.3. The van der Waals surface area contributed by atoms with Crippen LogP contribution in [0.4, 0.5) is 0 Å². The average Bonchev–Trinajstić information content (AvgIpc) is 3.08. The van der Waals surface area contributed by atoms with Crippen LogP contribution in [0.25, 0.3) is 0 Å². The van der Waals surface area contributed by atoms with Crippen molar-refractivity contribution in [3.8, 4) is 0 Å². The highest BCUT2D eigenvalue weighted by Gasteiger charge is 2.39. The summed E-state index contributed by atoms with van der Waals surface area (Å²) in [5.41, 5.74) is 1.35. The van der Waals surface area contributed by atoms with Gasteiger partial charge in [0, 0.05) is 23.1 Å². The van der Waals surface area contributed by atoms with Crippen LogP contribution < -0.4 is 0 Å². The van der Waals surface area contributed by atoms with E-state index in [4.69, 9.17) is 23.2 Å². The Balaban J connectivity index is 2.00. The minimum atomic E-state index is -0.653. The van der Waals surface area contributed by atoms with E-state index in [1.807, 2.05) is 60.4 Å². The minimum absolute atomic E-state index is 0.169. The minimum Gasteiger partial charge on any atom is -0.342 e. The van der Waals surface area contributed by atoms with E-state index in [0.29, 0.717) is 16.5 Å². The highest BCUT2D eigenvalue weighted by atomic mass is 35.5. The molecule has 3 rings (SSSR count). The van der Waals surface area contributed by atoms with Gasteiger partial charge in [-0.25, -0.2) is 0 Å². The van der Waals surface area contributed by atoms with Gasteiger partial charge >= 0.3 is 0 Å². The smallest absolute Gasteiger partial charge is 0.233 e. The van der Waals surface area contributed by atoms with E-state index >= 15 is 0 Å². The van der Waals surface area contributed by atoms with Gasteiger partial charge in [0.15, 0.2) is 0 Å². The van der Waals surface area contributed by atoms with E-state index in [0.717, 1.165) is 37.1 Å². The van der Waals surface area contributed by atoms with Crippen molar-refractivity contribution < 1.29 is 4.79 Å². The van der Waals surface area contributed by atoms with E-state index in [9.17, 15) is 4.79 Å². The van der Waals surface area contributed by atoms with Gasteiger partial charge in [0.2, 0.25) is 5.91 Å². The summed E-state index contributed by atoms with van der Waals surface area (Å²) >= 11 is 12.3. The molecule has 0 saturated carbocycles. The highest BCUT2D eigenvalue weighted by molar-refractivity contribution is 6.31. The standard InChI is InChI=1S/C20H21Cl2NO/c1-20(16-7-5-9-18(22)13-16,19(24)23-10-2-3-11-23)14-15-6-4-8-17(21)12-15/h4-9,12-13H,2-3,10-11,14H2,1H3. The molecule has 126 valence electrons. The molecule has 0 radical (unpaired) electrons. The van der Waals surface area contributed by atoms with Crippen molar-refractivity contribution in [1.82, 2.24) is 4.90 Å². The number of hydrogen-bond acceptors (Lipinski definition) is 1. The Hall–Kier alpha value is -1.51. The van der Waals surface area contributed by atoms with Crippen LogP contribution in [0.3, 0.4) is 0 Å². The van der Waals surface area contributed by atoms with Crippen LogP contribution in [0.2, 0.25) is 10.0 Å². The third kappa shape index (κ3) is 3.60. The molecule has 1 atom stereocenters. The largest absolute Gasteiger partial charge is 0.342 e. The maximum atomic E-state index is 13.3. The first kappa shape index (κ1) is 17.3. The predicted octanol–water partition coefficient (Wildman–Crippen LogP) is 5.12. The van der Waals surface area contributed by atoms with Gasteiger partial charge in [0.25, 0.3) is 0 Å². The van der Waals surface area contributed by atoms with Gasteiger partial charge in [-0.05, 0) is 61.6 Å². The van der Waals surface area contributed by atoms with Crippen LogP contribution in [-0.2, 0) is 16.6 Å². The molecule has 24 heavy (non-hydrogen) atoms. The molecule has 0 N–H and O–H groups in total. The highest BCUT2D eigenvalue weighted by Crippen LogP contribution is 2.33. The van der Waals surface area contributed by atoms with E-state index in [1.54, 1.807) is 0 Å². The van der Waals surface area contributed by atoms with Gasteiger partial charge in [-0.15, -0.1) is 0 Å². The fourth-order valence-corrected chi connectivity index (χ4v) is 3.86. The van der Waals surface area contributed by atoms with E-state index in [2.05, 4.69) is 0 Å². The van der Waals surface area contributed by atoms with Crippen LogP contribution in [-0.4, -0.2) is 23.9 Å². The van der Waals surface area contributed by atoms with Crippen LogP contribution >= 0.6 is 23.2 Å². The van der Waals surface area contributed by atoms with Crippen LogP contribution in [0.5, 0.6) is 0 Å². The molecular weight excluding hydrogens is 341 g/mol. The summed E-state index contributed by atoms with van der Waals surface area (Å²) in [6, 6.07) is 15.4. The first-order chi connectivity index (χ1) is 11.5. The summed E-state index contributed by atoms with van der Waals surface area (Å²) in [4.78, 5) is 15.3. The number of halogens is 2. The number of amides is 1. The number of nitrogens with zero attached hydrogens (tertiary/aromatic N) is 1. The van der Waals surface area contributed by atoms with Gasteiger partial charge in [-0.1, -0.05) is 47.5 Å². The van der Waals surface area contributed by atoms with Gasteiger partial charge in [-0.3, -0.25) is 4.79 Å². The molecular formula is C20H21Cl2NO. The zero-order valence-electron chi connectivity index (χ0n) is 13.8. The lowest BCUT2D eigenvalue weighted by atomic mass is 9.76. The molecule has 1 fully saturated rings. The van der Waals surface area contributed by atoms with Crippen molar-refractivity contribution in [3.05, 3.63) is 69.7 Å². The lowest BCUT2D eigenvalue weighted by Crippen LogP contribution is -2.45. The number of rotatable bonds is 4. The number of carbonyl (C=O) groups is 1. The average molecular weight is 362 g/mol. The molecule has 1 saturated heterocycles. The molecule has 1 aliphatic heterocycles. The number of benzene rings is 2. The van der Waals surface area contributed by atoms with Crippen molar-refractivity contribution in [2.24, 2.45) is 0 Å². The Bertz CT molecular complexity index is 740. The molecule has 2 nitrogen and oxygen atoms in total. The molecule has 1 unspecified atom stereocenters. The zero-order chi connectivity index (χ0) is 17.2. The molecule has 1 aliphatic rings. The van der Waals surface area contributed by atoms with Crippen LogP contribution in [0.15, 0.2) is 48.5 Å². The zero-order valence-corrected chi connectivity index (χ0v) is 15.3. The Morgan fingerprint density at radius 2 is 1.67 bits per heavy atom. The lowest BCUT2D eigenvalue weighted by Gasteiger charge is -2.33. The molecule has 0 spiro atoms. The first-order valence-electron chi connectivity index (χ1n) is 8.29. The normalized spacial score (nSPS) is 16.9. The summed E-state index contributed by atoms with van der Waals surface area (Å²) in [6.45, 7) is 3.69. The van der Waals surface area contributed by atoms with Crippen LogP contribution in [0.1, 0.15) is 30.9 Å². The maximum Gasteiger partial charge on any atom is 0.233 e. The van der Waals surface area contributed by atoms with Gasteiger partial charge in [0.1, 0.15) is 0 Å². The van der Waals surface area contributed by atoms with Crippen molar-refractivity contribution in [1.29, 1.82) is 0 Å². The van der Waals surface area contributed by atoms with E-state index < -0.39 is 5.41 Å². The van der Waals surface area contributed by atoms with Gasteiger partial charge in [-0.2, -0.15) is 0 Å². The third-order valence-electron chi connectivity index (χ3n) is 4.77. The summed E-state index contributed by atoms with van der Waals surface area (Å²) in [5, 5.41) is 1.34. The molecule has 0 bridgehead atoms. The topological polar surface area (TPSA) is 20.3 Å². The fourth-order valence-electron chi connectivity index (χ4n) is 3.46. The van der Waals surface area contributed by atoms with Crippen LogP contribution in [0, 0.1) is 0 Å². The van der Waals surface area contributed by atoms with Crippen molar-refractivity contribution >= 4 is 29.1 Å². The van der Waals surface area contributed by atoms with E-state index in [-0.39, 0.29) is 5.91 Å². The summed E-state index contributed by atoms with van der Waals surface area (Å²) in [6.07, 6.45) is 2.76. The predicted molar refractivity (Wildman–Crippen MR) is 99.8 cm³/mol. The lowest BCUT2D eigenvalue weighted by molar-refractivity contribution is -0.135. The Morgan fingerprint density at radius 3 is 2.29 bits per heavy atom. The van der Waals surface area contributed by atoms with Crippen molar-refractivity contribution in [2.75, 3.05) is 13.1 Å². The van der Waals surface area contributed by atoms with E-state index in [1.165, 1.54) is 0 Å². The number of carbonyl (C=O) groups excluding carboxylic acids is 1. The van der Waals surface area contributed by atoms with Crippen molar-refractivity contribution in [2.45, 2.75) is 31.6 Å². The first-order valence-corrected chi connectivity index (χ1v) is 9.04. The van der Waals surface area contributed by atoms with Gasteiger partial charge in [0.05, 0.1) is 5.41 Å². The summed E-state index contributed by atoms with van der Waals surface area (Å²) in [5.74, 6) is 0.169.